The maximum absolute atomic E-state index is 12.1. The molecule has 7 heteroatoms. The van der Waals surface area contributed by atoms with Crippen LogP contribution in [0.5, 0.6) is 0 Å². The van der Waals surface area contributed by atoms with Gasteiger partial charge in [-0.2, -0.15) is 0 Å². The number of rotatable bonds is 5. The summed E-state index contributed by atoms with van der Waals surface area (Å²) in [6, 6.07) is 5.03. The molecule has 4 N–H and O–H groups in total. The normalized spacial score (nSPS) is 16.7. The monoisotopic (exact) mass is 383 g/mol. The molecule has 1 heterocycles. The highest BCUT2D eigenvalue weighted by atomic mass is 79.9. The Morgan fingerprint density at radius 2 is 2.09 bits per heavy atom. The molecule has 0 bridgehead atoms. The van der Waals surface area contributed by atoms with E-state index in [1.54, 1.807) is 0 Å². The summed E-state index contributed by atoms with van der Waals surface area (Å²) in [7, 11) is 0. The maximum Gasteiger partial charge on any atom is 0.243 e. The zero-order valence-electron chi connectivity index (χ0n) is 13.1. The van der Waals surface area contributed by atoms with Crippen LogP contribution in [0, 0.1) is 12.8 Å². The summed E-state index contributed by atoms with van der Waals surface area (Å²) < 4.78 is 6.14. The molecule has 1 unspecified atom stereocenters. The SMILES string of the molecule is Cc1ccc(Br)cc1NC(=O)CNC(=O)C(N)C1CCOCC1. The summed E-state index contributed by atoms with van der Waals surface area (Å²) in [6.07, 6.45) is 1.55. The number of aryl methyl sites for hydroxylation is 1. The van der Waals surface area contributed by atoms with Gasteiger partial charge in [0, 0.05) is 23.4 Å². The summed E-state index contributed by atoms with van der Waals surface area (Å²) in [4.78, 5) is 24.0. The van der Waals surface area contributed by atoms with Crippen molar-refractivity contribution < 1.29 is 14.3 Å². The molecule has 2 amide bonds. The van der Waals surface area contributed by atoms with Crippen LogP contribution in [-0.2, 0) is 14.3 Å². The molecule has 1 aromatic rings. The van der Waals surface area contributed by atoms with Crippen LogP contribution in [0.3, 0.4) is 0 Å². The van der Waals surface area contributed by atoms with Crippen molar-refractivity contribution in [1.82, 2.24) is 5.32 Å². The number of amides is 2. The Balaban J connectivity index is 1.81. The summed E-state index contributed by atoms with van der Waals surface area (Å²) >= 11 is 3.36. The van der Waals surface area contributed by atoms with E-state index < -0.39 is 6.04 Å². The molecule has 1 aromatic carbocycles. The molecule has 1 aliphatic rings. The lowest BCUT2D eigenvalue weighted by Gasteiger charge is -2.26. The minimum absolute atomic E-state index is 0.0955. The molecule has 0 radical (unpaired) electrons. The number of nitrogens with two attached hydrogens (primary N) is 1. The third kappa shape index (κ3) is 5.30. The lowest BCUT2D eigenvalue weighted by molar-refractivity contribution is -0.126. The standard InChI is InChI=1S/C16H22BrN3O3/c1-10-2-3-12(17)8-13(10)20-14(21)9-19-16(22)15(18)11-4-6-23-7-5-11/h2-3,8,11,15H,4-7,9,18H2,1H3,(H,19,22)(H,20,21). The number of ether oxygens (including phenoxy) is 1. The third-order valence-electron chi connectivity index (χ3n) is 3.97. The fraction of sp³-hybridized carbons (Fsp3) is 0.500. The van der Waals surface area contributed by atoms with Crippen molar-refractivity contribution in [1.29, 1.82) is 0 Å². The number of benzene rings is 1. The Hall–Kier alpha value is -1.44. The molecule has 2 rings (SSSR count). The van der Waals surface area contributed by atoms with E-state index in [1.807, 2.05) is 25.1 Å². The second-order valence-electron chi connectivity index (χ2n) is 5.70. The van der Waals surface area contributed by atoms with Crippen LogP contribution in [-0.4, -0.2) is 37.6 Å². The van der Waals surface area contributed by atoms with Crippen LogP contribution in [0.1, 0.15) is 18.4 Å². The summed E-state index contributed by atoms with van der Waals surface area (Å²) in [5.41, 5.74) is 7.64. The van der Waals surface area contributed by atoms with E-state index >= 15 is 0 Å². The van der Waals surface area contributed by atoms with Gasteiger partial charge < -0.3 is 21.1 Å². The van der Waals surface area contributed by atoms with Crippen molar-refractivity contribution in [3.05, 3.63) is 28.2 Å². The van der Waals surface area contributed by atoms with Crippen LogP contribution < -0.4 is 16.4 Å². The van der Waals surface area contributed by atoms with Gasteiger partial charge in [0.05, 0.1) is 12.6 Å². The fourth-order valence-corrected chi connectivity index (χ4v) is 2.86. The van der Waals surface area contributed by atoms with Gasteiger partial charge in [0.15, 0.2) is 0 Å². The predicted octanol–water partition coefficient (Wildman–Crippen LogP) is 1.57. The van der Waals surface area contributed by atoms with Gasteiger partial charge in [0.2, 0.25) is 11.8 Å². The lowest BCUT2D eigenvalue weighted by atomic mass is 9.92. The van der Waals surface area contributed by atoms with E-state index in [0.29, 0.717) is 18.9 Å². The Kier molecular flexibility index (Phi) is 6.56. The highest BCUT2D eigenvalue weighted by molar-refractivity contribution is 9.10. The van der Waals surface area contributed by atoms with E-state index in [4.69, 9.17) is 10.5 Å². The first-order chi connectivity index (χ1) is 11.0. The van der Waals surface area contributed by atoms with Gasteiger partial charge in [-0.3, -0.25) is 9.59 Å². The Bertz CT molecular complexity index is 574. The second-order valence-corrected chi connectivity index (χ2v) is 6.62. The summed E-state index contributed by atoms with van der Waals surface area (Å²) in [5.74, 6) is -0.462. The maximum atomic E-state index is 12.1. The van der Waals surface area contributed by atoms with Gasteiger partial charge in [0.25, 0.3) is 0 Å². The molecule has 1 atom stereocenters. The highest BCUT2D eigenvalue weighted by Gasteiger charge is 2.26. The van der Waals surface area contributed by atoms with Crippen molar-refractivity contribution in [2.24, 2.45) is 11.7 Å². The van der Waals surface area contributed by atoms with Crippen LogP contribution >= 0.6 is 15.9 Å². The fourth-order valence-electron chi connectivity index (χ4n) is 2.50. The first-order valence-electron chi connectivity index (χ1n) is 7.64. The van der Waals surface area contributed by atoms with E-state index in [1.165, 1.54) is 0 Å². The van der Waals surface area contributed by atoms with Crippen LogP contribution in [0.4, 0.5) is 5.69 Å². The van der Waals surface area contributed by atoms with Gasteiger partial charge in [-0.25, -0.2) is 0 Å². The van der Waals surface area contributed by atoms with E-state index in [0.717, 1.165) is 22.9 Å². The third-order valence-corrected chi connectivity index (χ3v) is 4.47. The Morgan fingerprint density at radius 1 is 1.39 bits per heavy atom. The number of hydrogen-bond acceptors (Lipinski definition) is 4. The van der Waals surface area contributed by atoms with Crippen LogP contribution in [0.2, 0.25) is 0 Å². The molecule has 126 valence electrons. The number of carbonyl (C=O) groups is 2. The van der Waals surface area contributed by atoms with Gasteiger partial charge in [-0.05, 0) is 43.4 Å². The molecular weight excluding hydrogens is 362 g/mol. The molecule has 1 aliphatic heterocycles. The van der Waals surface area contributed by atoms with Crippen molar-refractivity contribution in [3.8, 4) is 0 Å². The number of carbonyl (C=O) groups excluding carboxylic acids is 2. The first kappa shape index (κ1) is 17.9. The van der Waals surface area contributed by atoms with Crippen molar-refractivity contribution in [2.45, 2.75) is 25.8 Å². The summed E-state index contributed by atoms with van der Waals surface area (Å²) in [5, 5.41) is 5.39. The van der Waals surface area contributed by atoms with Crippen molar-refractivity contribution >= 4 is 33.4 Å². The highest BCUT2D eigenvalue weighted by Crippen LogP contribution is 2.20. The lowest BCUT2D eigenvalue weighted by Crippen LogP contribution is -2.48. The number of nitrogens with one attached hydrogen (secondary N) is 2. The summed E-state index contributed by atoms with van der Waals surface area (Å²) in [6.45, 7) is 3.08. The average molecular weight is 384 g/mol. The average Bonchev–Trinajstić information content (AvgIpc) is 2.56. The first-order valence-corrected chi connectivity index (χ1v) is 8.43. The predicted molar refractivity (Wildman–Crippen MR) is 92.0 cm³/mol. The number of halogens is 1. The smallest absolute Gasteiger partial charge is 0.243 e. The minimum Gasteiger partial charge on any atom is -0.381 e. The molecule has 1 saturated heterocycles. The van der Waals surface area contributed by atoms with E-state index in [9.17, 15) is 9.59 Å². The molecule has 6 nitrogen and oxygen atoms in total. The van der Waals surface area contributed by atoms with Gasteiger partial charge in [-0.1, -0.05) is 22.0 Å². The molecule has 0 spiro atoms. The Morgan fingerprint density at radius 3 is 2.78 bits per heavy atom. The molecule has 0 aliphatic carbocycles. The van der Waals surface area contributed by atoms with Crippen molar-refractivity contribution in [2.75, 3.05) is 25.1 Å². The zero-order chi connectivity index (χ0) is 16.8. The molecule has 23 heavy (non-hydrogen) atoms. The molecule has 0 saturated carbocycles. The van der Waals surface area contributed by atoms with Crippen molar-refractivity contribution in [3.63, 3.8) is 0 Å². The minimum atomic E-state index is -0.598. The topological polar surface area (TPSA) is 93.5 Å². The van der Waals surface area contributed by atoms with E-state index in [2.05, 4.69) is 26.6 Å². The van der Waals surface area contributed by atoms with Crippen LogP contribution in [0.25, 0.3) is 0 Å². The second kappa shape index (κ2) is 8.42. The van der Waals surface area contributed by atoms with Gasteiger partial charge in [0.1, 0.15) is 0 Å². The number of anilines is 1. The molecular formula is C16H22BrN3O3. The molecule has 1 fully saturated rings. The van der Waals surface area contributed by atoms with E-state index in [-0.39, 0.29) is 24.3 Å². The van der Waals surface area contributed by atoms with Crippen LogP contribution in [0.15, 0.2) is 22.7 Å². The van der Waals surface area contributed by atoms with Gasteiger partial charge >= 0.3 is 0 Å². The largest absolute Gasteiger partial charge is 0.381 e. The number of hydrogen-bond donors (Lipinski definition) is 3. The van der Waals surface area contributed by atoms with Gasteiger partial charge in [-0.15, -0.1) is 0 Å². The quantitative estimate of drug-likeness (QED) is 0.719. The zero-order valence-corrected chi connectivity index (χ0v) is 14.7. The Labute approximate surface area is 144 Å². The molecule has 0 aromatic heterocycles.